The van der Waals surface area contributed by atoms with Gasteiger partial charge < -0.3 is 31.1 Å². The van der Waals surface area contributed by atoms with E-state index >= 15 is 4.39 Å². The fourth-order valence-corrected chi connectivity index (χ4v) is 9.56. The second-order valence-electron chi connectivity index (χ2n) is 13.9. The minimum atomic E-state index is -1.08. The first-order chi connectivity index (χ1) is 24.8. The van der Waals surface area contributed by atoms with Gasteiger partial charge in [-0.1, -0.05) is 29.5 Å². The number of hydrogen-bond donors (Lipinski definition) is 4. The Balaban J connectivity index is 0.893. The van der Waals surface area contributed by atoms with Crippen LogP contribution in [0.25, 0.3) is 10.2 Å². The average molecular weight is 729 g/mol. The highest BCUT2D eigenvalue weighted by Crippen LogP contribution is 2.85. The van der Waals surface area contributed by atoms with Crippen LogP contribution in [0, 0.1) is 18.2 Å². The minimum absolute atomic E-state index is 0.0296. The Labute approximate surface area is 303 Å². The van der Waals surface area contributed by atoms with Gasteiger partial charge in [0.2, 0.25) is 0 Å². The van der Waals surface area contributed by atoms with Crippen LogP contribution in [-0.2, 0) is 18.3 Å². The zero-order valence-electron chi connectivity index (χ0n) is 28.5. The number of fused-ring (bicyclic) bond motifs is 3. The van der Waals surface area contributed by atoms with E-state index in [1.165, 1.54) is 11.3 Å². The maximum atomic E-state index is 15.1. The summed E-state index contributed by atoms with van der Waals surface area (Å²) in [6.45, 7) is 5.59. The van der Waals surface area contributed by atoms with Gasteiger partial charge in [-0.3, -0.25) is 0 Å². The predicted octanol–water partition coefficient (Wildman–Crippen LogP) is 6.89. The Morgan fingerprint density at radius 2 is 1.98 bits per heavy atom. The van der Waals surface area contributed by atoms with Crippen molar-refractivity contribution in [1.29, 1.82) is 0 Å². The largest absolute Gasteiger partial charge is 0.491 e. The van der Waals surface area contributed by atoms with Crippen molar-refractivity contribution in [3.05, 3.63) is 75.5 Å². The SMILES string of the molecule is Cc1c(Nc2nc3ccccc3s2)nnc2c1CCCN2c1nc(C(=O)O)c(CCCOc2ccc(C34CC3(CNCCCCN)C4)cc2F)s1. The van der Waals surface area contributed by atoms with Gasteiger partial charge in [-0.25, -0.2) is 19.2 Å². The van der Waals surface area contributed by atoms with Gasteiger partial charge in [-0.15, -0.1) is 21.5 Å². The maximum Gasteiger partial charge on any atom is 0.355 e. The first kappa shape index (κ1) is 33.9. The molecule has 3 aliphatic rings. The van der Waals surface area contributed by atoms with Crippen molar-refractivity contribution >= 4 is 60.8 Å². The number of anilines is 4. The molecule has 2 aliphatic carbocycles. The third-order valence-corrected chi connectivity index (χ3v) is 12.7. The van der Waals surface area contributed by atoms with Crippen molar-refractivity contribution < 1.29 is 19.0 Å². The number of nitrogens with two attached hydrogens (primary N) is 1. The monoisotopic (exact) mass is 728 g/mol. The lowest BCUT2D eigenvalue weighted by Crippen LogP contribution is -2.27. The molecule has 0 saturated heterocycles. The van der Waals surface area contributed by atoms with Crippen LogP contribution in [0.1, 0.15) is 70.6 Å². The summed E-state index contributed by atoms with van der Waals surface area (Å²) in [5.41, 5.74) is 10.0. The van der Waals surface area contributed by atoms with Crippen LogP contribution >= 0.6 is 22.7 Å². The molecule has 4 heterocycles. The summed E-state index contributed by atoms with van der Waals surface area (Å²) >= 11 is 2.91. The van der Waals surface area contributed by atoms with E-state index < -0.39 is 5.97 Å². The summed E-state index contributed by atoms with van der Waals surface area (Å²) in [6.07, 6.45) is 6.96. The van der Waals surface area contributed by atoms with E-state index in [0.29, 0.717) is 41.0 Å². The second kappa shape index (κ2) is 13.7. The molecule has 51 heavy (non-hydrogen) atoms. The molecule has 2 saturated carbocycles. The number of aromatic nitrogens is 4. The molecular weight excluding hydrogens is 688 g/mol. The van der Waals surface area contributed by atoms with Crippen LogP contribution in [-0.4, -0.2) is 64.0 Å². The quantitative estimate of drug-likeness (QED) is 0.0787. The number of nitrogens with one attached hydrogen (secondary N) is 2. The fourth-order valence-electron chi connectivity index (χ4n) is 7.57. The summed E-state index contributed by atoms with van der Waals surface area (Å²) in [5.74, 6) is 0.144. The smallest absolute Gasteiger partial charge is 0.355 e. The van der Waals surface area contributed by atoms with Crippen LogP contribution in [0.2, 0.25) is 0 Å². The molecule has 0 amide bonds. The number of benzene rings is 2. The van der Waals surface area contributed by atoms with Gasteiger partial charge in [0.1, 0.15) is 0 Å². The zero-order valence-corrected chi connectivity index (χ0v) is 30.1. The third kappa shape index (κ3) is 6.43. The lowest BCUT2D eigenvalue weighted by atomic mass is 10.0. The van der Waals surface area contributed by atoms with Gasteiger partial charge in [0.15, 0.2) is 39.2 Å². The van der Waals surface area contributed by atoms with Gasteiger partial charge in [0, 0.05) is 34.5 Å². The summed E-state index contributed by atoms with van der Waals surface area (Å²) in [7, 11) is 0. The van der Waals surface area contributed by atoms with E-state index in [1.807, 2.05) is 42.2 Å². The van der Waals surface area contributed by atoms with E-state index in [0.717, 1.165) is 90.2 Å². The number of aromatic carboxylic acids is 1. The van der Waals surface area contributed by atoms with E-state index in [1.54, 1.807) is 23.5 Å². The Morgan fingerprint density at radius 3 is 2.78 bits per heavy atom. The first-order valence-electron chi connectivity index (χ1n) is 17.6. The van der Waals surface area contributed by atoms with Crippen LogP contribution in [0.4, 0.5) is 26.3 Å². The molecule has 0 atom stereocenters. The van der Waals surface area contributed by atoms with Crippen molar-refractivity contribution in [2.45, 2.75) is 63.7 Å². The number of halogens is 1. The van der Waals surface area contributed by atoms with Gasteiger partial charge in [-0.05, 0) is 107 Å². The van der Waals surface area contributed by atoms with Crippen molar-refractivity contribution in [2.24, 2.45) is 11.1 Å². The second-order valence-corrected chi connectivity index (χ2v) is 16.0. The number of carbonyl (C=O) groups is 1. The van der Waals surface area contributed by atoms with Gasteiger partial charge in [0.25, 0.3) is 0 Å². The molecule has 0 bridgehead atoms. The molecule has 14 heteroatoms. The first-order valence-corrected chi connectivity index (χ1v) is 19.3. The topological polar surface area (TPSA) is 151 Å². The Bertz CT molecular complexity index is 2060. The molecule has 0 spiro atoms. The Morgan fingerprint density at radius 1 is 1.12 bits per heavy atom. The van der Waals surface area contributed by atoms with Crippen molar-refractivity contribution in [3.63, 3.8) is 0 Å². The molecule has 1 aliphatic heterocycles. The number of thiazole rings is 2. The molecule has 2 fully saturated rings. The number of carboxylic acid groups (broad SMARTS) is 1. The van der Waals surface area contributed by atoms with E-state index in [9.17, 15) is 9.90 Å². The standard InChI is InChI=1S/C37H41FN8O3S2/c1-22-24-8-6-16-46(32(24)45-44-31(22)43-34-41-26-9-2-3-10-28(26)50-34)35-42-30(33(47)48)29(51-35)11-7-17-49-27-13-12-23(18-25(27)38)37-19-36(37,20-37)21-40-15-5-4-14-39/h2-3,9-10,12-13,18,40H,4-8,11,14-17,19-21,39H2,1H3,(H,47,48)(H,41,43,44). The highest BCUT2D eigenvalue weighted by molar-refractivity contribution is 7.22. The summed E-state index contributed by atoms with van der Waals surface area (Å²) in [4.78, 5) is 24.1. The van der Waals surface area contributed by atoms with Crippen LogP contribution in [0.3, 0.4) is 0 Å². The summed E-state index contributed by atoms with van der Waals surface area (Å²) < 4.78 is 22.1. The molecule has 0 radical (unpaired) electrons. The third-order valence-electron chi connectivity index (χ3n) is 10.6. The van der Waals surface area contributed by atoms with Gasteiger partial charge in [-0.2, -0.15) is 0 Å². The molecule has 266 valence electrons. The predicted molar refractivity (Wildman–Crippen MR) is 199 cm³/mol. The zero-order chi connectivity index (χ0) is 35.2. The molecule has 5 N–H and O–H groups in total. The normalized spacial score (nSPS) is 20.3. The van der Waals surface area contributed by atoms with Gasteiger partial charge in [0.05, 0.1) is 16.8 Å². The highest BCUT2D eigenvalue weighted by Gasteiger charge is 2.82. The van der Waals surface area contributed by atoms with Crippen molar-refractivity contribution in [2.75, 3.05) is 43.0 Å². The van der Waals surface area contributed by atoms with Crippen molar-refractivity contribution in [1.82, 2.24) is 25.5 Å². The molecule has 11 nitrogen and oxygen atoms in total. The number of nitrogens with zero attached hydrogens (tertiary/aromatic N) is 5. The molecular formula is C37H41FN8O3S2. The number of unbranched alkanes of at least 4 members (excludes halogenated alkanes) is 1. The number of aryl methyl sites for hydroxylation is 1. The van der Waals surface area contributed by atoms with Gasteiger partial charge >= 0.3 is 5.97 Å². The number of para-hydroxylation sites is 1. The number of ether oxygens (including phenoxy) is 1. The molecule has 2 aromatic carbocycles. The Kier molecular flexibility index (Phi) is 9.11. The molecule has 0 unspecified atom stereocenters. The lowest BCUT2D eigenvalue weighted by Gasteiger charge is -2.28. The highest BCUT2D eigenvalue weighted by atomic mass is 32.1. The average Bonchev–Trinajstić information content (AvgIpc) is 3.75. The number of rotatable bonds is 16. The van der Waals surface area contributed by atoms with Crippen LogP contribution in [0.15, 0.2) is 42.5 Å². The van der Waals surface area contributed by atoms with Crippen LogP contribution in [0.5, 0.6) is 5.75 Å². The van der Waals surface area contributed by atoms with E-state index in [2.05, 4.69) is 30.8 Å². The fraction of sp³-hybridized carbons (Fsp3) is 0.432. The Hall–Kier alpha value is -4.24. The summed E-state index contributed by atoms with van der Waals surface area (Å²) in [6, 6.07) is 13.4. The molecule has 8 rings (SSSR count). The lowest BCUT2D eigenvalue weighted by molar-refractivity contribution is 0.0690. The maximum absolute atomic E-state index is 15.1. The van der Waals surface area contributed by atoms with E-state index in [-0.39, 0.29) is 34.7 Å². The summed E-state index contributed by atoms with van der Waals surface area (Å²) in [5, 5.41) is 27.3. The molecule has 3 aromatic heterocycles. The number of hydrogen-bond acceptors (Lipinski definition) is 12. The van der Waals surface area contributed by atoms with E-state index in [4.69, 9.17) is 10.5 Å². The molecule has 5 aromatic rings. The minimum Gasteiger partial charge on any atom is -0.491 e. The van der Waals surface area contributed by atoms with Crippen LogP contribution < -0.4 is 26.0 Å². The van der Waals surface area contributed by atoms with Crippen molar-refractivity contribution in [3.8, 4) is 5.75 Å². The number of carboxylic acids is 1.